The number of halogens is 1. The van der Waals surface area contributed by atoms with Gasteiger partial charge in [-0.3, -0.25) is 4.79 Å². The highest BCUT2D eigenvalue weighted by atomic mass is 32.2. The first-order valence-electron chi connectivity index (χ1n) is 8.99. The molecule has 0 radical (unpaired) electrons. The Morgan fingerprint density at radius 3 is 2.73 bits per heavy atom. The normalized spacial score (nSPS) is 22.5. The quantitative estimate of drug-likeness (QED) is 0.813. The smallest absolute Gasteiger partial charge is 0.241 e. The van der Waals surface area contributed by atoms with Gasteiger partial charge in [-0.05, 0) is 49.9 Å². The lowest BCUT2D eigenvalue weighted by atomic mass is 9.82. The van der Waals surface area contributed by atoms with Gasteiger partial charge in [0.1, 0.15) is 5.82 Å². The molecule has 144 valence electrons. The van der Waals surface area contributed by atoms with Gasteiger partial charge in [0.05, 0.1) is 29.7 Å². The number of rotatable bonds is 5. The lowest BCUT2D eigenvalue weighted by molar-refractivity contribution is -0.120. The predicted octanol–water partition coefficient (Wildman–Crippen LogP) is 2.02. The number of ether oxygens (including phenoxy) is 1. The Kier molecular flexibility index (Phi) is 5.64. The van der Waals surface area contributed by atoms with E-state index in [2.05, 4.69) is 10.0 Å². The molecule has 2 aliphatic rings. The molecule has 1 atom stereocenters. The number of sulfonamides is 1. The maximum Gasteiger partial charge on any atom is 0.241 e. The average Bonchev–Trinajstić information content (AvgIpc) is 2.95. The van der Waals surface area contributed by atoms with E-state index in [1.54, 1.807) is 0 Å². The molecule has 1 unspecified atom stereocenters. The molecule has 1 aliphatic heterocycles. The van der Waals surface area contributed by atoms with Gasteiger partial charge in [0.25, 0.3) is 0 Å². The van der Waals surface area contributed by atoms with E-state index in [9.17, 15) is 17.6 Å². The van der Waals surface area contributed by atoms with Crippen LogP contribution in [0, 0.1) is 12.7 Å². The van der Waals surface area contributed by atoms with Gasteiger partial charge in [0.2, 0.25) is 15.9 Å². The summed E-state index contributed by atoms with van der Waals surface area (Å²) in [5, 5.41) is 2.85. The van der Waals surface area contributed by atoms with Gasteiger partial charge >= 0.3 is 0 Å². The average molecular weight is 384 g/mol. The summed E-state index contributed by atoms with van der Waals surface area (Å²) < 4.78 is 46.0. The van der Waals surface area contributed by atoms with Crippen LogP contribution in [-0.4, -0.2) is 39.1 Å². The van der Waals surface area contributed by atoms with Crippen LogP contribution in [-0.2, 0) is 19.6 Å². The third-order valence-electron chi connectivity index (χ3n) is 5.19. The van der Waals surface area contributed by atoms with Crippen LogP contribution in [0.2, 0.25) is 0 Å². The predicted molar refractivity (Wildman–Crippen MR) is 94.6 cm³/mol. The van der Waals surface area contributed by atoms with Crippen molar-refractivity contribution < 1.29 is 22.3 Å². The minimum Gasteiger partial charge on any atom is -0.373 e. The van der Waals surface area contributed by atoms with Crippen LogP contribution in [0.3, 0.4) is 0 Å². The van der Waals surface area contributed by atoms with E-state index < -0.39 is 21.7 Å². The van der Waals surface area contributed by atoms with Crippen LogP contribution in [0.4, 0.5) is 4.39 Å². The fourth-order valence-electron chi connectivity index (χ4n) is 3.91. The van der Waals surface area contributed by atoms with Crippen LogP contribution in [0.5, 0.6) is 0 Å². The molecule has 1 spiro atoms. The maximum atomic E-state index is 13.1. The van der Waals surface area contributed by atoms with Crippen molar-refractivity contribution in [2.24, 2.45) is 0 Å². The molecule has 0 bridgehead atoms. The number of nitrogens with one attached hydrogen (secondary N) is 2. The SMILES string of the molecule is Cc1cc(F)ccc1S(=O)(=O)NCC(=O)NC1COC2(CCCCC2)C1. The number of carbonyl (C=O) groups excluding carboxylic acids is 1. The molecule has 1 aromatic rings. The second-order valence-electron chi connectivity index (χ2n) is 7.26. The van der Waals surface area contributed by atoms with Crippen LogP contribution in [0.1, 0.15) is 44.1 Å². The van der Waals surface area contributed by atoms with Crippen molar-refractivity contribution in [2.75, 3.05) is 13.2 Å². The van der Waals surface area contributed by atoms with Gasteiger partial charge in [-0.1, -0.05) is 19.3 Å². The van der Waals surface area contributed by atoms with Gasteiger partial charge in [0, 0.05) is 0 Å². The third-order valence-corrected chi connectivity index (χ3v) is 6.75. The Labute approximate surface area is 153 Å². The van der Waals surface area contributed by atoms with Crippen LogP contribution < -0.4 is 10.0 Å². The summed E-state index contributed by atoms with van der Waals surface area (Å²) in [7, 11) is -3.87. The van der Waals surface area contributed by atoms with Crippen molar-refractivity contribution in [1.29, 1.82) is 0 Å². The van der Waals surface area contributed by atoms with Crippen LogP contribution >= 0.6 is 0 Å². The monoisotopic (exact) mass is 384 g/mol. The van der Waals surface area contributed by atoms with E-state index in [4.69, 9.17) is 4.74 Å². The van der Waals surface area contributed by atoms with Gasteiger partial charge in [-0.15, -0.1) is 0 Å². The third kappa shape index (κ3) is 4.42. The van der Waals surface area contributed by atoms with Crippen molar-refractivity contribution in [3.05, 3.63) is 29.6 Å². The second kappa shape index (κ2) is 7.62. The van der Waals surface area contributed by atoms with Crippen molar-refractivity contribution >= 4 is 15.9 Å². The van der Waals surface area contributed by atoms with Gasteiger partial charge < -0.3 is 10.1 Å². The molecule has 3 rings (SSSR count). The lowest BCUT2D eigenvalue weighted by Crippen LogP contribution is -2.43. The fourth-order valence-corrected chi connectivity index (χ4v) is 5.12. The molecule has 1 amide bonds. The molecule has 2 fully saturated rings. The largest absolute Gasteiger partial charge is 0.373 e. The van der Waals surface area contributed by atoms with Crippen molar-refractivity contribution in [3.63, 3.8) is 0 Å². The van der Waals surface area contributed by atoms with Crippen molar-refractivity contribution in [1.82, 2.24) is 10.0 Å². The van der Waals surface area contributed by atoms with Gasteiger partial charge in [-0.25, -0.2) is 17.5 Å². The first kappa shape index (κ1) is 19.3. The number of aryl methyl sites for hydroxylation is 1. The highest BCUT2D eigenvalue weighted by Gasteiger charge is 2.41. The van der Waals surface area contributed by atoms with E-state index in [1.807, 2.05) is 0 Å². The Balaban J connectivity index is 1.52. The van der Waals surface area contributed by atoms with E-state index >= 15 is 0 Å². The molecule has 2 N–H and O–H groups in total. The zero-order valence-electron chi connectivity index (χ0n) is 14.9. The first-order chi connectivity index (χ1) is 12.3. The molecular formula is C18H25FN2O4S. The van der Waals surface area contributed by atoms with Crippen LogP contribution in [0.15, 0.2) is 23.1 Å². The molecule has 8 heteroatoms. The van der Waals surface area contributed by atoms with Gasteiger partial charge in [0.15, 0.2) is 0 Å². The molecule has 1 saturated heterocycles. The molecule has 0 aromatic heterocycles. The summed E-state index contributed by atoms with van der Waals surface area (Å²) in [5.41, 5.74) is 0.183. The number of carbonyl (C=O) groups is 1. The zero-order chi connectivity index (χ0) is 18.8. The van der Waals surface area contributed by atoms with Crippen molar-refractivity contribution in [2.45, 2.75) is 62.0 Å². The minimum absolute atomic E-state index is 0.0305. The van der Waals surface area contributed by atoms with Crippen LogP contribution in [0.25, 0.3) is 0 Å². The molecule has 26 heavy (non-hydrogen) atoms. The highest BCUT2D eigenvalue weighted by Crippen LogP contribution is 2.39. The van der Waals surface area contributed by atoms with Crippen molar-refractivity contribution in [3.8, 4) is 0 Å². The standard InChI is InChI=1S/C18H25FN2O4S/c1-13-9-14(19)5-6-16(13)26(23,24)20-11-17(22)21-15-10-18(25-12-15)7-3-2-4-8-18/h5-6,9,15,20H,2-4,7-8,10-12H2,1H3,(H,21,22). The van der Waals surface area contributed by atoms with E-state index in [0.29, 0.717) is 12.2 Å². The maximum absolute atomic E-state index is 13.1. The highest BCUT2D eigenvalue weighted by molar-refractivity contribution is 7.89. The summed E-state index contributed by atoms with van der Waals surface area (Å²) in [4.78, 5) is 12.1. The molecule has 1 aromatic carbocycles. The number of benzene rings is 1. The summed E-state index contributed by atoms with van der Waals surface area (Å²) >= 11 is 0. The summed E-state index contributed by atoms with van der Waals surface area (Å²) in [6.07, 6.45) is 6.36. The molecule has 1 heterocycles. The van der Waals surface area contributed by atoms with E-state index in [0.717, 1.165) is 44.2 Å². The summed E-state index contributed by atoms with van der Waals surface area (Å²) in [6.45, 7) is 1.62. The first-order valence-corrected chi connectivity index (χ1v) is 10.5. The van der Waals surface area contributed by atoms with Gasteiger partial charge in [-0.2, -0.15) is 0 Å². The topological polar surface area (TPSA) is 84.5 Å². The number of amides is 1. The van der Waals surface area contributed by atoms with E-state index in [-0.39, 0.29) is 23.1 Å². The zero-order valence-corrected chi connectivity index (χ0v) is 15.7. The van der Waals surface area contributed by atoms with E-state index in [1.165, 1.54) is 19.4 Å². The minimum atomic E-state index is -3.87. The lowest BCUT2D eigenvalue weighted by Gasteiger charge is -2.32. The number of hydrogen-bond donors (Lipinski definition) is 2. The molecule has 1 saturated carbocycles. The summed E-state index contributed by atoms with van der Waals surface area (Å²) in [5.74, 6) is -0.896. The Morgan fingerprint density at radius 2 is 2.04 bits per heavy atom. The Morgan fingerprint density at radius 1 is 1.31 bits per heavy atom. The fraction of sp³-hybridized carbons (Fsp3) is 0.611. The second-order valence-corrected chi connectivity index (χ2v) is 8.99. The molecule has 1 aliphatic carbocycles. The number of hydrogen-bond acceptors (Lipinski definition) is 4. The molecule has 6 nitrogen and oxygen atoms in total. The summed E-state index contributed by atoms with van der Waals surface area (Å²) in [6, 6.07) is 3.34. The molecular weight excluding hydrogens is 359 g/mol. The Hall–Kier alpha value is -1.51. The Bertz CT molecular complexity index is 775.